The van der Waals surface area contributed by atoms with Gasteiger partial charge in [-0.15, -0.1) is 0 Å². The van der Waals surface area contributed by atoms with Gasteiger partial charge in [-0.2, -0.15) is 0 Å². The molecule has 1 saturated carbocycles. The van der Waals surface area contributed by atoms with E-state index in [-0.39, 0.29) is 11.9 Å². The van der Waals surface area contributed by atoms with Gasteiger partial charge in [0.15, 0.2) is 0 Å². The van der Waals surface area contributed by atoms with Crippen molar-refractivity contribution in [2.24, 2.45) is 5.92 Å². The maximum absolute atomic E-state index is 11.9. The van der Waals surface area contributed by atoms with E-state index in [0.717, 1.165) is 0 Å². The molecule has 3 heteroatoms. The van der Waals surface area contributed by atoms with Crippen molar-refractivity contribution in [2.45, 2.75) is 65.0 Å². The normalized spacial score (nSPS) is 25.7. The van der Waals surface area contributed by atoms with Gasteiger partial charge in [-0.25, -0.2) is 0 Å². The lowest BCUT2D eigenvalue weighted by Gasteiger charge is -2.26. The summed E-state index contributed by atoms with van der Waals surface area (Å²) < 4.78 is 0. The van der Waals surface area contributed by atoms with E-state index < -0.39 is 0 Å². The molecule has 2 unspecified atom stereocenters. The van der Waals surface area contributed by atoms with Gasteiger partial charge in [0.25, 0.3) is 0 Å². The Balaban J connectivity index is 2.35. The van der Waals surface area contributed by atoms with Crippen LogP contribution < -0.4 is 5.32 Å². The molecule has 17 heavy (non-hydrogen) atoms. The Bertz CT molecular complexity index is 240. The van der Waals surface area contributed by atoms with Crippen molar-refractivity contribution >= 4 is 5.91 Å². The first-order valence-electron chi connectivity index (χ1n) is 7.01. The molecule has 100 valence electrons. The molecule has 1 amide bonds. The van der Waals surface area contributed by atoms with E-state index in [4.69, 9.17) is 0 Å². The van der Waals surface area contributed by atoms with E-state index in [2.05, 4.69) is 12.2 Å². The number of rotatable bonds is 4. The number of hydrogen-bond donors (Lipinski definition) is 1. The Hall–Kier alpha value is -0.570. The maximum atomic E-state index is 11.9. The van der Waals surface area contributed by atoms with Gasteiger partial charge in [0.1, 0.15) is 0 Å². The van der Waals surface area contributed by atoms with Gasteiger partial charge < -0.3 is 10.2 Å². The molecule has 1 aliphatic carbocycles. The number of amides is 1. The maximum Gasteiger partial charge on any atom is 0.236 e. The number of hydrogen-bond acceptors (Lipinski definition) is 2. The van der Waals surface area contributed by atoms with Crippen molar-refractivity contribution in [3.63, 3.8) is 0 Å². The summed E-state index contributed by atoms with van der Waals surface area (Å²) in [6, 6.07) is 0.817. The van der Waals surface area contributed by atoms with Crippen molar-refractivity contribution in [1.82, 2.24) is 10.2 Å². The topological polar surface area (TPSA) is 32.3 Å². The first-order chi connectivity index (χ1) is 8.02. The standard InChI is InChI=1S/C14H28N2O/c1-11(2)16(4)14(17)10-15-13-9-7-5-6-8-12(13)3/h11-13,15H,5-10H2,1-4H3. The largest absolute Gasteiger partial charge is 0.342 e. The van der Waals surface area contributed by atoms with Crippen molar-refractivity contribution in [2.75, 3.05) is 13.6 Å². The van der Waals surface area contributed by atoms with Crippen LogP contribution in [0.25, 0.3) is 0 Å². The highest BCUT2D eigenvalue weighted by Gasteiger charge is 2.21. The third-order valence-corrected chi connectivity index (χ3v) is 4.04. The summed E-state index contributed by atoms with van der Waals surface area (Å²) in [6.45, 7) is 6.89. The number of carbonyl (C=O) groups is 1. The van der Waals surface area contributed by atoms with E-state index in [0.29, 0.717) is 18.5 Å². The third kappa shape index (κ3) is 4.66. The Labute approximate surface area is 106 Å². The summed E-state index contributed by atoms with van der Waals surface area (Å²) in [4.78, 5) is 13.7. The molecule has 0 heterocycles. The summed E-state index contributed by atoms with van der Waals surface area (Å²) in [7, 11) is 1.88. The van der Waals surface area contributed by atoms with E-state index in [1.54, 1.807) is 0 Å². The van der Waals surface area contributed by atoms with Gasteiger partial charge >= 0.3 is 0 Å². The Morgan fingerprint density at radius 3 is 2.59 bits per heavy atom. The lowest BCUT2D eigenvalue weighted by molar-refractivity contribution is -0.130. The SMILES string of the molecule is CC1CCCCCC1NCC(=O)N(C)C(C)C. The van der Waals surface area contributed by atoms with E-state index in [1.807, 2.05) is 25.8 Å². The second kappa shape index (κ2) is 7.00. The molecule has 0 aromatic carbocycles. The minimum Gasteiger partial charge on any atom is -0.342 e. The average Bonchev–Trinajstić information content (AvgIpc) is 2.49. The Morgan fingerprint density at radius 2 is 1.94 bits per heavy atom. The predicted octanol–water partition coefficient (Wildman–Crippen LogP) is 2.41. The van der Waals surface area contributed by atoms with E-state index in [1.165, 1.54) is 32.1 Å². The van der Waals surface area contributed by atoms with Crippen LogP contribution in [0.5, 0.6) is 0 Å². The Morgan fingerprint density at radius 1 is 1.29 bits per heavy atom. The summed E-state index contributed by atoms with van der Waals surface area (Å²) in [5.41, 5.74) is 0. The fraction of sp³-hybridized carbons (Fsp3) is 0.929. The highest BCUT2D eigenvalue weighted by Crippen LogP contribution is 2.22. The van der Waals surface area contributed by atoms with E-state index >= 15 is 0 Å². The molecular weight excluding hydrogens is 212 g/mol. The summed E-state index contributed by atoms with van der Waals surface area (Å²) in [5.74, 6) is 0.908. The molecule has 0 saturated heterocycles. The smallest absolute Gasteiger partial charge is 0.236 e. The zero-order chi connectivity index (χ0) is 12.8. The lowest BCUT2D eigenvalue weighted by Crippen LogP contribution is -2.44. The molecule has 1 fully saturated rings. The van der Waals surface area contributed by atoms with Crippen molar-refractivity contribution in [1.29, 1.82) is 0 Å². The van der Waals surface area contributed by atoms with Crippen LogP contribution in [0.3, 0.4) is 0 Å². The summed E-state index contributed by atoms with van der Waals surface area (Å²) >= 11 is 0. The predicted molar refractivity (Wildman–Crippen MR) is 71.9 cm³/mol. The monoisotopic (exact) mass is 240 g/mol. The van der Waals surface area contributed by atoms with Gasteiger partial charge in [-0.05, 0) is 32.6 Å². The number of nitrogens with one attached hydrogen (secondary N) is 1. The molecule has 0 aromatic heterocycles. The fourth-order valence-electron chi connectivity index (χ4n) is 2.43. The van der Waals surface area contributed by atoms with Gasteiger partial charge in [0.05, 0.1) is 6.54 Å². The fourth-order valence-corrected chi connectivity index (χ4v) is 2.43. The molecule has 1 rings (SSSR count). The van der Waals surface area contributed by atoms with Gasteiger partial charge in [-0.1, -0.05) is 26.2 Å². The minimum atomic E-state index is 0.205. The quantitative estimate of drug-likeness (QED) is 0.765. The molecule has 0 bridgehead atoms. The minimum absolute atomic E-state index is 0.205. The van der Waals surface area contributed by atoms with Crippen LogP contribution >= 0.6 is 0 Å². The lowest BCUT2D eigenvalue weighted by atomic mass is 9.97. The molecule has 0 aromatic rings. The van der Waals surface area contributed by atoms with Crippen molar-refractivity contribution < 1.29 is 4.79 Å². The van der Waals surface area contributed by atoms with E-state index in [9.17, 15) is 4.79 Å². The first-order valence-corrected chi connectivity index (χ1v) is 7.01. The van der Waals surface area contributed by atoms with Gasteiger partial charge in [0.2, 0.25) is 5.91 Å². The van der Waals surface area contributed by atoms with Crippen LogP contribution in [0.15, 0.2) is 0 Å². The van der Waals surface area contributed by atoms with Crippen LogP contribution in [-0.4, -0.2) is 36.5 Å². The zero-order valence-electron chi connectivity index (χ0n) is 11.8. The number of nitrogens with zero attached hydrogens (tertiary/aromatic N) is 1. The summed E-state index contributed by atoms with van der Waals surface area (Å²) in [5, 5.41) is 3.46. The molecule has 0 spiro atoms. The van der Waals surface area contributed by atoms with Crippen LogP contribution in [0.2, 0.25) is 0 Å². The van der Waals surface area contributed by atoms with Crippen LogP contribution in [0, 0.1) is 5.92 Å². The molecule has 2 atom stereocenters. The summed E-state index contributed by atoms with van der Waals surface area (Å²) in [6.07, 6.45) is 6.52. The highest BCUT2D eigenvalue weighted by molar-refractivity contribution is 5.78. The van der Waals surface area contributed by atoms with Crippen LogP contribution in [-0.2, 0) is 4.79 Å². The molecule has 0 radical (unpaired) electrons. The number of carbonyl (C=O) groups excluding carboxylic acids is 1. The average molecular weight is 240 g/mol. The molecule has 0 aliphatic heterocycles. The highest BCUT2D eigenvalue weighted by atomic mass is 16.2. The number of likely N-dealkylation sites (N-methyl/N-ethyl adjacent to an activating group) is 1. The molecular formula is C14H28N2O. The van der Waals surface area contributed by atoms with Crippen LogP contribution in [0.4, 0.5) is 0 Å². The zero-order valence-corrected chi connectivity index (χ0v) is 11.8. The third-order valence-electron chi connectivity index (χ3n) is 4.04. The molecule has 3 nitrogen and oxygen atoms in total. The first kappa shape index (κ1) is 14.5. The van der Waals surface area contributed by atoms with Crippen LogP contribution in [0.1, 0.15) is 52.9 Å². The van der Waals surface area contributed by atoms with Gasteiger partial charge in [0, 0.05) is 19.1 Å². The van der Waals surface area contributed by atoms with Crippen molar-refractivity contribution in [3.8, 4) is 0 Å². The second-order valence-corrected chi connectivity index (χ2v) is 5.70. The van der Waals surface area contributed by atoms with Crippen molar-refractivity contribution in [3.05, 3.63) is 0 Å². The molecule has 1 N–H and O–H groups in total. The Kier molecular flexibility index (Phi) is 5.96. The van der Waals surface area contributed by atoms with Gasteiger partial charge in [-0.3, -0.25) is 4.79 Å². The molecule has 1 aliphatic rings. The second-order valence-electron chi connectivity index (χ2n) is 5.70.